The summed E-state index contributed by atoms with van der Waals surface area (Å²) < 4.78 is 11.7. The quantitative estimate of drug-likeness (QED) is 0.895. The second kappa shape index (κ2) is 5.98. The van der Waals surface area contributed by atoms with Gasteiger partial charge in [-0.15, -0.1) is 0 Å². The van der Waals surface area contributed by atoms with Crippen LogP contribution in [0.3, 0.4) is 0 Å². The van der Waals surface area contributed by atoms with E-state index in [-0.39, 0.29) is 0 Å². The van der Waals surface area contributed by atoms with E-state index in [2.05, 4.69) is 21.2 Å². The van der Waals surface area contributed by atoms with Gasteiger partial charge in [0.1, 0.15) is 0 Å². The van der Waals surface area contributed by atoms with Crippen LogP contribution in [-0.4, -0.2) is 20.8 Å². The van der Waals surface area contributed by atoms with E-state index in [1.54, 1.807) is 7.11 Å². The van der Waals surface area contributed by atoms with Crippen molar-refractivity contribution in [3.05, 3.63) is 22.2 Å². The summed E-state index contributed by atoms with van der Waals surface area (Å²) in [5, 5.41) is 3.10. The summed E-state index contributed by atoms with van der Waals surface area (Å²) in [6.07, 6.45) is 0. The molecule has 0 aliphatic rings. The van der Waals surface area contributed by atoms with Gasteiger partial charge in [-0.2, -0.15) is 0 Å². The Balaban J connectivity index is 3.06. The lowest BCUT2D eigenvalue weighted by Gasteiger charge is -2.13. The number of methoxy groups -OCH3 is 1. The Morgan fingerprint density at radius 2 is 2.13 bits per heavy atom. The van der Waals surface area contributed by atoms with E-state index in [9.17, 15) is 0 Å². The molecule has 0 heterocycles. The molecule has 3 nitrogen and oxygen atoms in total. The van der Waals surface area contributed by atoms with E-state index in [1.807, 2.05) is 26.1 Å². The summed E-state index contributed by atoms with van der Waals surface area (Å²) in [5.74, 6) is 1.52. The van der Waals surface area contributed by atoms with Crippen molar-refractivity contribution in [2.24, 2.45) is 0 Å². The fourth-order valence-electron chi connectivity index (χ4n) is 1.36. The minimum absolute atomic E-state index is 0.625. The molecule has 0 fully saturated rings. The molecule has 0 bridgehead atoms. The van der Waals surface area contributed by atoms with Gasteiger partial charge in [0.05, 0.1) is 18.2 Å². The lowest BCUT2D eigenvalue weighted by Crippen LogP contribution is -2.06. The number of benzene rings is 1. The van der Waals surface area contributed by atoms with Gasteiger partial charge in [0.2, 0.25) is 0 Å². The van der Waals surface area contributed by atoms with Crippen LogP contribution in [0.5, 0.6) is 11.5 Å². The molecule has 0 spiro atoms. The van der Waals surface area contributed by atoms with Crippen molar-refractivity contribution in [2.75, 3.05) is 20.8 Å². The number of halogens is 1. The van der Waals surface area contributed by atoms with E-state index >= 15 is 0 Å². The molecule has 0 unspecified atom stereocenters. The first kappa shape index (κ1) is 12.3. The van der Waals surface area contributed by atoms with Gasteiger partial charge < -0.3 is 14.8 Å². The van der Waals surface area contributed by atoms with Gasteiger partial charge in [0.15, 0.2) is 11.5 Å². The van der Waals surface area contributed by atoms with Crippen LogP contribution >= 0.6 is 15.9 Å². The van der Waals surface area contributed by atoms with Crippen molar-refractivity contribution in [1.82, 2.24) is 5.32 Å². The zero-order valence-corrected chi connectivity index (χ0v) is 10.8. The zero-order chi connectivity index (χ0) is 11.3. The van der Waals surface area contributed by atoms with Crippen LogP contribution in [0.4, 0.5) is 0 Å². The normalized spacial score (nSPS) is 10.1. The summed E-state index contributed by atoms with van der Waals surface area (Å²) in [6, 6.07) is 4.01. The monoisotopic (exact) mass is 273 g/mol. The molecule has 0 saturated heterocycles. The van der Waals surface area contributed by atoms with Gasteiger partial charge >= 0.3 is 0 Å². The molecule has 0 aliphatic carbocycles. The summed E-state index contributed by atoms with van der Waals surface area (Å²) >= 11 is 3.48. The van der Waals surface area contributed by atoms with Gasteiger partial charge in [0, 0.05) is 6.54 Å². The maximum Gasteiger partial charge on any atom is 0.175 e. The number of hydrogen-bond acceptors (Lipinski definition) is 3. The minimum Gasteiger partial charge on any atom is -0.493 e. The zero-order valence-electron chi connectivity index (χ0n) is 9.26. The minimum atomic E-state index is 0.625. The van der Waals surface area contributed by atoms with E-state index in [1.165, 1.54) is 0 Å². The molecule has 4 heteroatoms. The highest BCUT2D eigenvalue weighted by molar-refractivity contribution is 9.10. The predicted octanol–water partition coefficient (Wildman–Crippen LogP) is 2.58. The summed E-state index contributed by atoms with van der Waals surface area (Å²) in [6.45, 7) is 3.38. The van der Waals surface area contributed by atoms with E-state index in [0.29, 0.717) is 6.61 Å². The smallest absolute Gasteiger partial charge is 0.175 e. The Hall–Kier alpha value is -0.740. The summed E-state index contributed by atoms with van der Waals surface area (Å²) in [7, 11) is 3.56. The maximum atomic E-state index is 5.50. The maximum absolute atomic E-state index is 5.50. The Morgan fingerprint density at radius 1 is 1.40 bits per heavy atom. The molecule has 0 amide bonds. The largest absolute Gasteiger partial charge is 0.493 e. The predicted molar refractivity (Wildman–Crippen MR) is 64.6 cm³/mol. The molecular weight excluding hydrogens is 258 g/mol. The highest BCUT2D eigenvalue weighted by Gasteiger charge is 2.10. The average Bonchev–Trinajstić information content (AvgIpc) is 2.22. The first-order valence-corrected chi connectivity index (χ1v) is 5.66. The Kier molecular flexibility index (Phi) is 4.91. The van der Waals surface area contributed by atoms with Crippen LogP contribution in [0.1, 0.15) is 12.5 Å². The molecular formula is C11H16BrNO2. The molecule has 0 aromatic heterocycles. The fourth-order valence-corrected chi connectivity index (χ4v) is 1.97. The van der Waals surface area contributed by atoms with Crippen LogP contribution in [0.15, 0.2) is 16.6 Å². The van der Waals surface area contributed by atoms with Crippen LogP contribution < -0.4 is 14.8 Å². The molecule has 0 atom stereocenters. The fraction of sp³-hybridized carbons (Fsp3) is 0.455. The first-order valence-electron chi connectivity index (χ1n) is 4.86. The van der Waals surface area contributed by atoms with E-state index in [4.69, 9.17) is 9.47 Å². The molecule has 15 heavy (non-hydrogen) atoms. The van der Waals surface area contributed by atoms with E-state index in [0.717, 1.165) is 28.1 Å². The third kappa shape index (κ3) is 3.11. The molecule has 84 valence electrons. The van der Waals surface area contributed by atoms with Crippen molar-refractivity contribution in [3.63, 3.8) is 0 Å². The number of ether oxygens (including phenoxy) is 2. The van der Waals surface area contributed by atoms with Gasteiger partial charge in [0.25, 0.3) is 0 Å². The van der Waals surface area contributed by atoms with Crippen molar-refractivity contribution in [3.8, 4) is 11.5 Å². The molecule has 1 rings (SSSR count). The second-order valence-electron chi connectivity index (χ2n) is 3.07. The highest BCUT2D eigenvalue weighted by atomic mass is 79.9. The van der Waals surface area contributed by atoms with Gasteiger partial charge in [-0.25, -0.2) is 0 Å². The van der Waals surface area contributed by atoms with Crippen LogP contribution in [0.2, 0.25) is 0 Å². The molecule has 1 N–H and O–H groups in total. The Morgan fingerprint density at radius 3 is 2.67 bits per heavy atom. The molecule has 0 aliphatic heterocycles. The van der Waals surface area contributed by atoms with Gasteiger partial charge in [-0.1, -0.05) is 0 Å². The number of rotatable bonds is 5. The van der Waals surface area contributed by atoms with Gasteiger partial charge in [-0.05, 0) is 47.6 Å². The third-order valence-corrected chi connectivity index (χ3v) is 2.55. The van der Waals surface area contributed by atoms with Gasteiger partial charge in [-0.3, -0.25) is 0 Å². The Bertz CT molecular complexity index is 329. The second-order valence-corrected chi connectivity index (χ2v) is 3.93. The third-order valence-electron chi connectivity index (χ3n) is 1.96. The van der Waals surface area contributed by atoms with Crippen LogP contribution in [0.25, 0.3) is 0 Å². The highest BCUT2D eigenvalue weighted by Crippen LogP contribution is 2.36. The summed E-state index contributed by atoms with van der Waals surface area (Å²) in [5.41, 5.74) is 1.16. The SMILES string of the molecule is CCOc1c(Br)cc(CNC)cc1OC. The topological polar surface area (TPSA) is 30.5 Å². The first-order chi connectivity index (χ1) is 7.22. The van der Waals surface area contributed by atoms with Crippen LogP contribution in [0, 0.1) is 0 Å². The van der Waals surface area contributed by atoms with Crippen molar-refractivity contribution in [2.45, 2.75) is 13.5 Å². The van der Waals surface area contributed by atoms with E-state index < -0.39 is 0 Å². The standard InChI is InChI=1S/C11H16BrNO2/c1-4-15-11-9(12)5-8(7-13-2)6-10(11)14-3/h5-6,13H,4,7H2,1-3H3. The number of nitrogens with one attached hydrogen (secondary N) is 1. The Labute approximate surface area is 98.9 Å². The molecule has 1 aromatic rings. The van der Waals surface area contributed by atoms with Crippen LogP contribution in [-0.2, 0) is 6.54 Å². The molecule has 1 aromatic carbocycles. The lowest BCUT2D eigenvalue weighted by atomic mass is 10.2. The van der Waals surface area contributed by atoms with Crippen molar-refractivity contribution >= 4 is 15.9 Å². The summed E-state index contributed by atoms with van der Waals surface area (Å²) in [4.78, 5) is 0. The number of hydrogen-bond donors (Lipinski definition) is 1. The lowest BCUT2D eigenvalue weighted by molar-refractivity contribution is 0.308. The average molecular weight is 274 g/mol. The van der Waals surface area contributed by atoms with Crippen molar-refractivity contribution < 1.29 is 9.47 Å². The van der Waals surface area contributed by atoms with Crippen molar-refractivity contribution in [1.29, 1.82) is 0 Å². The molecule has 0 saturated carbocycles. The molecule has 0 radical (unpaired) electrons.